The molecule has 1 aromatic heterocycles. The number of amides is 1. The van der Waals surface area contributed by atoms with Crippen molar-refractivity contribution >= 4 is 34.1 Å². The number of H-pyrrole nitrogens is 1. The van der Waals surface area contributed by atoms with Crippen LogP contribution in [0.15, 0.2) is 82.7 Å². The summed E-state index contributed by atoms with van der Waals surface area (Å²) in [6.45, 7) is 1.47. The van der Waals surface area contributed by atoms with Crippen LogP contribution in [0.4, 0.5) is 0 Å². The van der Waals surface area contributed by atoms with E-state index in [0.717, 1.165) is 22.1 Å². The number of methoxy groups -OCH3 is 1. The summed E-state index contributed by atoms with van der Waals surface area (Å²) in [4.78, 5) is 28.9. The maximum atomic E-state index is 13.4. The molecule has 34 heavy (non-hydrogen) atoms. The highest BCUT2D eigenvalue weighted by Gasteiger charge is 2.34. The van der Waals surface area contributed by atoms with E-state index in [4.69, 9.17) is 16.3 Å². The van der Waals surface area contributed by atoms with Crippen molar-refractivity contribution < 1.29 is 9.53 Å². The second-order valence-corrected chi connectivity index (χ2v) is 8.60. The number of pyridine rings is 1. The van der Waals surface area contributed by atoms with Crippen LogP contribution < -0.4 is 10.3 Å². The quantitative estimate of drug-likeness (QED) is 0.423. The Kier molecular flexibility index (Phi) is 5.67. The number of nitrogens with zero attached hydrogens (tertiary/aromatic N) is 2. The van der Waals surface area contributed by atoms with Crippen LogP contribution in [0.2, 0.25) is 5.02 Å². The average Bonchev–Trinajstić information content (AvgIpc) is 3.29. The maximum Gasteiger partial charge on any atom is 0.258 e. The first-order chi connectivity index (χ1) is 16.5. The Labute approximate surface area is 201 Å². The Morgan fingerprint density at radius 1 is 1.06 bits per heavy atom. The Morgan fingerprint density at radius 3 is 2.59 bits per heavy atom. The highest BCUT2D eigenvalue weighted by molar-refractivity contribution is 6.31. The zero-order valence-corrected chi connectivity index (χ0v) is 19.5. The monoisotopic (exact) mass is 471 g/mol. The Bertz CT molecular complexity index is 1490. The topological polar surface area (TPSA) is 74.8 Å². The van der Waals surface area contributed by atoms with Gasteiger partial charge < -0.3 is 9.72 Å². The van der Waals surface area contributed by atoms with E-state index in [1.165, 1.54) is 11.9 Å². The van der Waals surface area contributed by atoms with Gasteiger partial charge in [-0.2, -0.15) is 5.10 Å². The molecule has 0 saturated carbocycles. The van der Waals surface area contributed by atoms with E-state index < -0.39 is 0 Å². The molecule has 1 amide bonds. The van der Waals surface area contributed by atoms with E-state index >= 15 is 0 Å². The number of carbonyl (C=O) groups excluding carboxylic acids is 1. The van der Waals surface area contributed by atoms with Crippen molar-refractivity contribution in [2.24, 2.45) is 5.10 Å². The molecule has 3 aromatic carbocycles. The number of ether oxygens (including phenoxy) is 1. The number of hydrogen-bond donors (Lipinski definition) is 1. The van der Waals surface area contributed by atoms with Gasteiger partial charge in [0.15, 0.2) is 0 Å². The normalized spacial score (nSPS) is 15.4. The van der Waals surface area contributed by atoms with Gasteiger partial charge in [-0.1, -0.05) is 54.1 Å². The fraction of sp³-hybridized carbons (Fsp3) is 0.148. The van der Waals surface area contributed by atoms with Crippen LogP contribution in [0.25, 0.3) is 22.0 Å². The second kappa shape index (κ2) is 8.80. The van der Waals surface area contributed by atoms with Crippen molar-refractivity contribution in [2.75, 3.05) is 7.11 Å². The predicted molar refractivity (Wildman–Crippen MR) is 134 cm³/mol. The smallest absolute Gasteiger partial charge is 0.258 e. The van der Waals surface area contributed by atoms with Gasteiger partial charge in [-0.3, -0.25) is 9.59 Å². The first kappa shape index (κ1) is 21.9. The number of aromatic amines is 1. The lowest BCUT2D eigenvalue weighted by atomic mass is 9.91. The molecule has 4 aromatic rings. The van der Waals surface area contributed by atoms with Crippen LogP contribution >= 0.6 is 11.6 Å². The molecule has 1 aliphatic heterocycles. The zero-order valence-electron chi connectivity index (χ0n) is 18.7. The summed E-state index contributed by atoms with van der Waals surface area (Å²) in [6.07, 6.45) is 0.391. The summed E-state index contributed by atoms with van der Waals surface area (Å²) in [7, 11) is 1.60. The fourth-order valence-electron chi connectivity index (χ4n) is 4.51. The highest BCUT2D eigenvalue weighted by atomic mass is 35.5. The summed E-state index contributed by atoms with van der Waals surface area (Å²) in [5, 5.41) is 7.48. The number of carbonyl (C=O) groups is 1. The number of hydrogen-bond acceptors (Lipinski definition) is 4. The summed E-state index contributed by atoms with van der Waals surface area (Å²) >= 11 is 6.34. The number of fused-ring (bicyclic) bond motifs is 1. The SMILES string of the molecule is COc1cccc([C@H]2CC(c3c(-c4ccccc4)c4cc(Cl)ccc4[nH]c3=O)=NN2C(C)=O)c1. The molecule has 0 fully saturated rings. The summed E-state index contributed by atoms with van der Waals surface area (Å²) in [6, 6.07) is 22.3. The third kappa shape index (κ3) is 3.86. The minimum absolute atomic E-state index is 0.204. The van der Waals surface area contributed by atoms with E-state index in [-0.39, 0.29) is 17.5 Å². The number of hydrazone groups is 1. The van der Waals surface area contributed by atoms with E-state index in [9.17, 15) is 9.59 Å². The molecule has 1 aliphatic rings. The van der Waals surface area contributed by atoms with Crippen LogP contribution in [0.5, 0.6) is 5.75 Å². The molecule has 0 unspecified atom stereocenters. The van der Waals surface area contributed by atoms with Crippen molar-refractivity contribution in [3.05, 3.63) is 99.3 Å². The molecule has 5 rings (SSSR count). The fourth-order valence-corrected chi connectivity index (χ4v) is 4.68. The van der Waals surface area contributed by atoms with Gasteiger partial charge in [-0.25, -0.2) is 5.01 Å². The standard InChI is InChI=1S/C27H22ClN3O3/c1-16(32)31-24(18-9-6-10-20(13-18)34-2)15-23(30-31)26-25(17-7-4-3-5-8-17)21-14-19(28)11-12-22(21)29-27(26)33/h3-14,24H,15H2,1-2H3,(H,29,33)/t24-/m1/s1. The van der Waals surface area contributed by atoms with E-state index in [1.807, 2.05) is 60.7 Å². The van der Waals surface area contributed by atoms with Crippen LogP contribution in [0, 0.1) is 0 Å². The van der Waals surface area contributed by atoms with E-state index in [0.29, 0.717) is 34.0 Å². The van der Waals surface area contributed by atoms with Crippen molar-refractivity contribution in [2.45, 2.75) is 19.4 Å². The molecular formula is C27H22ClN3O3. The number of aromatic nitrogens is 1. The highest BCUT2D eigenvalue weighted by Crippen LogP contribution is 2.38. The van der Waals surface area contributed by atoms with Crippen LogP contribution in [-0.4, -0.2) is 28.7 Å². The predicted octanol–water partition coefficient (Wildman–Crippen LogP) is 5.55. The van der Waals surface area contributed by atoms with E-state index in [1.54, 1.807) is 19.2 Å². The van der Waals surface area contributed by atoms with Gasteiger partial charge in [0.2, 0.25) is 5.91 Å². The third-order valence-corrected chi connectivity index (χ3v) is 6.27. The largest absolute Gasteiger partial charge is 0.497 e. The lowest BCUT2D eigenvalue weighted by molar-refractivity contribution is -0.130. The van der Waals surface area contributed by atoms with Crippen molar-refractivity contribution in [3.63, 3.8) is 0 Å². The first-order valence-corrected chi connectivity index (χ1v) is 11.3. The number of rotatable bonds is 4. The average molecular weight is 472 g/mol. The summed E-state index contributed by atoms with van der Waals surface area (Å²) in [5.74, 6) is 0.488. The van der Waals surface area contributed by atoms with Crippen molar-refractivity contribution in [1.29, 1.82) is 0 Å². The molecular weight excluding hydrogens is 450 g/mol. The number of benzene rings is 3. The minimum Gasteiger partial charge on any atom is -0.497 e. The van der Waals surface area contributed by atoms with Crippen LogP contribution in [-0.2, 0) is 4.79 Å². The molecule has 2 heterocycles. The van der Waals surface area contributed by atoms with Gasteiger partial charge in [0, 0.05) is 34.8 Å². The minimum atomic E-state index is -0.347. The van der Waals surface area contributed by atoms with Gasteiger partial charge in [-0.15, -0.1) is 0 Å². The van der Waals surface area contributed by atoms with Crippen molar-refractivity contribution in [3.8, 4) is 16.9 Å². The zero-order chi connectivity index (χ0) is 23.8. The lowest BCUT2D eigenvalue weighted by Gasteiger charge is -2.20. The molecule has 170 valence electrons. The molecule has 1 atom stereocenters. The van der Waals surface area contributed by atoms with Crippen molar-refractivity contribution in [1.82, 2.24) is 9.99 Å². The van der Waals surface area contributed by atoms with Gasteiger partial charge in [0.25, 0.3) is 5.56 Å². The van der Waals surface area contributed by atoms with Gasteiger partial charge >= 0.3 is 0 Å². The molecule has 6 nitrogen and oxygen atoms in total. The number of nitrogens with one attached hydrogen (secondary N) is 1. The van der Waals surface area contributed by atoms with Crippen LogP contribution in [0.3, 0.4) is 0 Å². The molecule has 0 aliphatic carbocycles. The molecule has 7 heteroatoms. The maximum absolute atomic E-state index is 13.4. The van der Waals surface area contributed by atoms with E-state index in [2.05, 4.69) is 10.1 Å². The Balaban J connectivity index is 1.73. The number of halogens is 1. The molecule has 0 spiro atoms. The first-order valence-electron chi connectivity index (χ1n) is 10.9. The lowest BCUT2D eigenvalue weighted by Crippen LogP contribution is -2.24. The molecule has 0 bridgehead atoms. The summed E-state index contributed by atoms with van der Waals surface area (Å²) < 4.78 is 5.37. The molecule has 0 radical (unpaired) electrons. The second-order valence-electron chi connectivity index (χ2n) is 8.17. The molecule has 0 saturated heterocycles. The Morgan fingerprint density at radius 2 is 1.85 bits per heavy atom. The van der Waals surface area contributed by atoms with Gasteiger partial charge in [0.1, 0.15) is 5.75 Å². The summed E-state index contributed by atoms with van der Waals surface area (Å²) in [5.41, 5.74) is 3.91. The molecule has 1 N–H and O–H groups in total. The third-order valence-electron chi connectivity index (χ3n) is 6.04. The Hall–Kier alpha value is -3.90. The van der Waals surface area contributed by atoms with Crippen LogP contribution in [0.1, 0.15) is 30.5 Å². The van der Waals surface area contributed by atoms with Gasteiger partial charge in [-0.05, 0) is 41.5 Å². The van der Waals surface area contributed by atoms with Gasteiger partial charge in [0.05, 0.1) is 24.4 Å².